The number of non-ortho nitro benzene ring substituents is 1. The van der Waals surface area contributed by atoms with E-state index in [0.717, 1.165) is 5.56 Å². The van der Waals surface area contributed by atoms with Gasteiger partial charge in [0.2, 0.25) is 0 Å². The molecule has 0 radical (unpaired) electrons. The summed E-state index contributed by atoms with van der Waals surface area (Å²) in [4.78, 5) is 21.7. The zero-order valence-corrected chi connectivity index (χ0v) is 13.3. The second-order valence-electron chi connectivity index (χ2n) is 5.00. The summed E-state index contributed by atoms with van der Waals surface area (Å²) in [6, 6.07) is 12.9. The van der Waals surface area contributed by atoms with Crippen molar-refractivity contribution in [2.45, 2.75) is 13.0 Å². The number of amides is 1. The highest BCUT2D eigenvalue weighted by molar-refractivity contribution is 5.67. The predicted octanol–water partition coefficient (Wildman–Crippen LogP) is 2.97. The molecule has 0 spiro atoms. The maximum Gasteiger partial charge on any atom is 0.407 e. The third-order valence-corrected chi connectivity index (χ3v) is 3.15. The lowest BCUT2D eigenvalue weighted by Gasteiger charge is -2.05. The number of carbonyl (C=O) groups excluding carboxylic acids is 1. The number of hydrogen-bond donors (Lipinski definition) is 2. The second-order valence-corrected chi connectivity index (χ2v) is 5.00. The van der Waals surface area contributed by atoms with Crippen LogP contribution in [0.3, 0.4) is 0 Å². The van der Waals surface area contributed by atoms with Gasteiger partial charge >= 0.3 is 6.09 Å². The van der Waals surface area contributed by atoms with Crippen LogP contribution in [0, 0.1) is 22.0 Å². The molecule has 2 N–H and O–H groups in total. The predicted molar refractivity (Wildman–Crippen MR) is 90.9 cm³/mol. The minimum absolute atomic E-state index is 0.131. The third kappa shape index (κ3) is 5.88. The van der Waals surface area contributed by atoms with E-state index >= 15 is 0 Å². The standard InChI is InChI=1S/C18H16N2O5/c21-17-10-9-16(20(23)24)12-15(17)8-4-5-11-19-18(22)25-13-14-6-2-1-3-7-14/h1-3,6-7,9-10,12,21H,5,11,13H2,(H,19,22). The number of phenolic OH excluding ortho intramolecular Hbond substituents is 1. The van der Waals surface area contributed by atoms with Gasteiger partial charge in [-0.3, -0.25) is 10.1 Å². The van der Waals surface area contributed by atoms with Crippen LogP contribution in [0.5, 0.6) is 5.75 Å². The molecule has 2 aromatic carbocycles. The summed E-state index contributed by atoms with van der Waals surface area (Å²) in [5.74, 6) is 5.25. The Kier molecular flexibility index (Phi) is 6.37. The van der Waals surface area contributed by atoms with Crippen molar-refractivity contribution in [2.24, 2.45) is 0 Å². The van der Waals surface area contributed by atoms with Gasteiger partial charge in [0.25, 0.3) is 5.69 Å². The average molecular weight is 340 g/mol. The minimum Gasteiger partial charge on any atom is -0.507 e. The Labute approximate surface area is 144 Å². The van der Waals surface area contributed by atoms with Crippen LogP contribution in [-0.2, 0) is 11.3 Å². The van der Waals surface area contributed by atoms with Crippen LogP contribution in [0.1, 0.15) is 17.5 Å². The van der Waals surface area contributed by atoms with Crippen LogP contribution in [0.2, 0.25) is 0 Å². The molecule has 0 bridgehead atoms. The van der Waals surface area contributed by atoms with Crippen LogP contribution in [0.25, 0.3) is 0 Å². The molecular formula is C18H16N2O5. The van der Waals surface area contributed by atoms with Gasteiger partial charge in [0.05, 0.1) is 10.5 Å². The first-order valence-electron chi connectivity index (χ1n) is 7.47. The number of nitro benzene ring substituents is 1. The maximum absolute atomic E-state index is 11.5. The van der Waals surface area contributed by atoms with Crippen LogP contribution in [-0.4, -0.2) is 22.7 Å². The second kappa shape index (κ2) is 8.93. The van der Waals surface area contributed by atoms with Crippen LogP contribution in [0.15, 0.2) is 48.5 Å². The fraction of sp³-hybridized carbons (Fsp3) is 0.167. The number of hydrogen-bond acceptors (Lipinski definition) is 5. The number of nitro groups is 1. The Balaban J connectivity index is 1.76. The molecule has 0 aliphatic carbocycles. The van der Waals surface area contributed by atoms with Crippen molar-refractivity contribution in [1.29, 1.82) is 0 Å². The molecule has 0 fully saturated rings. The first-order valence-corrected chi connectivity index (χ1v) is 7.47. The zero-order chi connectivity index (χ0) is 18.1. The molecule has 0 unspecified atom stereocenters. The number of carbonyl (C=O) groups is 1. The monoisotopic (exact) mass is 340 g/mol. The molecule has 0 heterocycles. The third-order valence-electron chi connectivity index (χ3n) is 3.15. The summed E-state index contributed by atoms with van der Waals surface area (Å²) >= 11 is 0. The van der Waals surface area contributed by atoms with Gasteiger partial charge in [-0.15, -0.1) is 0 Å². The summed E-state index contributed by atoms with van der Waals surface area (Å²) in [5, 5.41) is 22.9. The molecule has 25 heavy (non-hydrogen) atoms. The molecule has 0 saturated carbocycles. The van der Waals surface area contributed by atoms with Gasteiger partial charge in [0.1, 0.15) is 12.4 Å². The number of ether oxygens (including phenoxy) is 1. The Morgan fingerprint density at radius 1 is 1.24 bits per heavy atom. The van der Waals surface area contributed by atoms with E-state index in [4.69, 9.17) is 4.74 Å². The summed E-state index contributed by atoms with van der Waals surface area (Å²) in [5.41, 5.74) is 0.907. The van der Waals surface area contributed by atoms with Gasteiger partial charge in [-0.25, -0.2) is 4.79 Å². The lowest BCUT2D eigenvalue weighted by Crippen LogP contribution is -2.24. The van der Waals surface area contributed by atoms with Crippen LogP contribution in [0.4, 0.5) is 10.5 Å². The molecule has 128 valence electrons. The molecule has 7 heteroatoms. The average Bonchev–Trinajstić information content (AvgIpc) is 2.61. The topological polar surface area (TPSA) is 102 Å². The summed E-state index contributed by atoms with van der Waals surface area (Å²) in [6.45, 7) is 0.441. The maximum atomic E-state index is 11.5. The first kappa shape index (κ1) is 17.8. The highest BCUT2D eigenvalue weighted by Gasteiger charge is 2.08. The number of aromatic hydroxyl groups is 1. The number of rotatable bonds is 5. The lowest BCUT2D eigenvalue weighted by molar-refractivity contribution is -0.384. The minimum atomic E-state index is -0.561. The first-order chi connectivity index (χ1) is 12.1. The van der Waals surface area contributed by atoms with Gasteiger partial charge in [0.15, 0.2) is 0 Å². The number of alkyl carbamates (subject to hydrolysis) is 1. The van der Waals surface area contributed by atoms with Gasteiger partial charge in [-0.05, 0) is 11.6 Å². The Hall–Kier alpha value is -3.53. The van der Waals surface area contributed by atoms with Crippen molar-refractivity contribution in [1.82, 2.24) is 5.32 Å². The Morgan fingerprint density at radius 3 is 2.72 bits per heavy atom. The summed E-state index contributed by atoms with van der Waals surface area (Å²) in [7, 11) is 0. The van der Waals surface area contributed by atoms with Gasteiger partial charge < -0.3 is 15.2 Å². The number of phenols is 1. The molecule has 1 amide bonds. The summed E-state index contributed by atoms with van der Waals surface area (Å²) < 4.78 is 5.04. The Bertz CT molecular complexity index is 809. The molecule has 7 nitrogen and oxygen atoms in total. The number of nitrogens with zero attached hydrogens (tertiary/aromatic N) is 1. The normalized spacial score (nSPS) is 9.60. The highest BCUT2D eigenvalue weighted by Crippen LogP contribution is 2.21. The van der Waals surface area contributed by atoms with Crippen molar-refractivity contribution >= 4 is 11.8 Å². The molecular weight excluding hydrogens is 324 g/mol. The van der Waals surface area contributed by atoms with E-state index in [-0.39, 0.29) is 30.2 Å². The lowest BCUT2D eigenvalue weighted by atomic mass is 10.2. The number of nitrogens with one attached hydrogen (secondary N) is 1. The highest BCUT2D eigenvalue weighted by atomic mass is 16.6. The molecule has 2 rings (SSSR count). The van der Waals surface area contributed by atoms with E-state index < -0.39 is 11.0 Å². The molecule has 0 atom stereocenters. The SMILES string of the molecule is O=C(NCCC#Cc1cc([N+](=O)[O-])ccc1O)OCc1ccccc1. The summed E-state index contributed by atoms with van der Waals surface area (Å²) in [6.07, 6.45) is -0.244. The van der Waals surface area contributed by atoms with E-state index in [1.165, 1.54) is 18.2 Å². The van der Waals surface area contributed by atoms with Crippen molar-refractivity contribution in [2.75, 3.05) is 6.54 Å². The number of benzene rings is 2. The van der Waals surface area contributed by atoms with E-state index in [1.54, 1.807) is 0 Å². The van der Waals surface area contributed by atoms with E-state index in [9.17, 15) is 20.0 Å². The van der Waals surface area contributed by atoms with E-state index in [1.807, 2.05) is 30.3 Å². The van der Waals surface area contributed by atoms with Gasteiger partial charge in [-0.1, -0.05) is 42.2 Å². The smallest absolute Gasteiger partial charge is 0.407 e. The van der Waals surface area contributed by atoms with Crippen LogP contribution >= 0.6 is 0 Å². The van der Waals surface area contributed by atoms with E-state index in [0.29, 0.717) is 6.42 Å². The molecule has 0 aliphatic rings. The zero-order valence-electron chi connectivity index (χ0n) is 13.3. The van der Waals surface area contributed by atoms with Gasteiger partial charge in [0, 0.05) is 25.1 Å². The largest absolute Gasteiger partial charge is 0.507 e. The van der Waals surface area contributed by atoms with Gasteiger partial charge in [-0.2, -0.15) is 0 Å². The molecule has 0 aromatic heterocycles. The van der Waals surface area contributed by atoms with Crippen molar-refractivity contribution in [3.8, 4) is 17.6 Å². The molecule has 2 aromatic rings. The molecule has 0 saturated heterocycles. The van der Waals surface area contributed by atoms with E-state index in [2.05, 4.69) is 17.2 Å². The quantitative estimate of drug-likeness (QED) is 0.377. The fourth-order valence-electron chi connectivity index (χ4n) is 1.90. The van der Waals surface area contributed by atoms with Crippen molar-refractivity contribution in [3.63, 3.8) is 0 Å². The van der Waals surface area contributed by atoms with Crippen molar-refractivity contribution < 1.29 is 19.6 Å². The van der Waals surface area contributed by atoms with Crippen molar-refractivity contribution in [3.05, 3.63) is 69.8 Å². The fourth-order valence-corrected chi connectivity index (χ4v) is 1.90. The Morgan fingerprint density at radius 2 is 2.00 bits per heavy atom. The van der Waals surface area contributed by atoms with Crippen LogP contribution < -0.4 is 5.32 Å². The molecule has 0 aliphatic heterocycles.